The molecule has 1 N–H and O–H groups in total. The standard InChI is InChI=1S/C16H18ClN5O3/c1-3-4-8-22-14-12(15(23)20-16(22)24)21(2)11(19-14)9-25-10-6-5-7-18-13(10)17/h5-7H,3-4,8-9H2,1-2H3,(H,20,23,24). The monoisotopic (exact) mass is 363 g/mol. The van der Waals surface area contributed by atoms with Crippen LogP contribution in [0.25, 0.3) is 11.2 Å². The van der Waals surface area contributed by atoms with Gasteiger partial charge in [0.2, 0.25) is 0 Å². The third kappa shape index (κ3) is 3.30. The van der Waals surface area contributed by atoms with Crippen LogP contribution in [0.4, 0.5) is 0 Å². The van der Waals surface area contributed by atoms with Crippen molar-refractivity contribution in [2.75, 3.05) is 0 Å². The molecule has 0 aliphatic heterocycles. The van der Waals surface area contributed by atoms with Crippen molar-refractivity contribution in [3.8, 4) is 5.75 Å². The summed E-state index contributed by atoms with van der Waals surface area (Å²) in [6.45, 7) is 2.62. The smallest absolute Gasteiger partial charge is 0.330 e. The minimum Gasteiger partial charge on any atom is -0.482 e. The second-order valence-electron chi connectivity index (χ2n) is 5.60. The Balaban J connectivity index is 2.01. The summed E-state index contributed by atoms with van der Waals surface area (Å²) in [6, 6.07) is 3.41. The number of aryl methyl sites for hydroxylation is 2. The summed E-state index contributed by atoms with van der Waals surface area (Å²) >= 11 is 5.97. The van der Waals surface area contributed by atoms with Crippen LogP contribution in [0, 0.1) is 0 Å². The van der Waals surface area contributed by atoms with Crippen LogP contribution in [0.15, 0.2) is 27.9 Å². The molecule has 8 nitrogen and oxygen atoms in total. The molecule has 25 heavy (non-hydrogen) atoms. The zero-order chi connectivity index (χ0) is 18.0. The third-order valence-electron chi connectivity index (χ3n) is 3.92. The molecule has 0 aliphatic carbocycles. The number of ether oxygens (including phenoxy) is 1. The van der Waals surface area contributed by atoms with E-state index in [4.69, 9.17) is 16.3 Å². The van der Waals surface area contributed by atoms with E-state index in [-0.39, 0.29) is 11.8 Å². The van der Waals surface area contributed by atoms with Gasteiger partial charge in [-0.15, -0.1) is 0 Å². The predicted octanol–water partition coefficient (Wildman–Crippen LogP) is 1.85. The highest BCUT2D eigenvalue weighted by molar-refractivity contribution is 6.30. The first-order valence-electron chi connectivity index (χ1n) is 7.94. The molecule has 0 spiro atoms. The van der Waals surface area contributed by atoms with Gasteiger partial charge >= 0.3 is 5.69 Å². The molecule has 9 heteroatoms. The molecule has 0 aromatic carbocycles. The van der Waals surface area contributed by atoms with Crippen LogP contribution in [-0.2, 0) is 20.2 Å². The Labute approximate surface area is 148 Å². The molecule has 0 unspecified atom stereocenters. The summed E-state index contributed by atoms with van der Waals surface area (Å²) in [5.74, 6) is 0.935. The van der Waals surface area contributed by atoms with Crippen LogP contribution >= 0.6 is 11.6 Å². The second kappa shape index (κ2) is 7.10. The number of pyridine rings is 1. The second-order valence-corrected chi connectivity index (χ2v) is 5.96. The molecular formula is C16H18ClN5O3. The first-order chi connectivity index (χ1) is 12.0. The van der Waals surface area contributed by atoms with Crippen molar-refractivity contribution in [1.82, 2.24) is 24.1 Å². The van der Waals surface area contributed by atoms with E-state index < -0.39 is 11.2 Å². The van der Waals surface area contributed by atoms with Crippen molar-refractivity contribution in [3.63, 3.8) is 0 Å². The van der Waals surface area contributed by atoms with Gasteiger partial charge in [-0.3, -0.25) is 14.3 Å². The zero-order valence-corrected chi connectivity index (χ0v) is 14.7. The van der Waals surface area contributed by atoms with E-state index in [9.17, 15) is 9.59 Å². The molecule has 0 amide bonds. The van der Waals surface area contributed by atoms with Crippen molar-refractivity contribution >= 4 is 22.8 Å². The number of rotatable bonds is 6. The third-order valence-corrected chi connectivity index (χ3v) is 4.21. The maximum Gasteiger partial charge on any atom is 0.330 e. The lowest BCUT2D eigenvalue weighted by Crippen LogP contribution is -2.31. The summed E-state index contributed by atoms with van der Waals surface area (Å²) < 4.78 is 8.76. The van der Waals surface area contributed by atoms with Crippen LogP contribution in [0.3, 0.4) is 0 Å². The van der Waals surface area contributed by atoms with Gasteiger partial charge in [0.05, 0.1) is 0 Å². The highest BCUT2D eigenvalue weighted by Gasteiger charge is 2.17. The Morgan fingerprint density at radius 2 is 2.16 bits per heavy atom. The quantitative estimate of drug-likeness (QED) is 0.674. The lowest BCUT2D eigenvalue weighted by atomic mass is 10.3. The Morgan fingerprint density at radius 1 is 1.36 bits per heavy atom. The first-order valence-corrected chi connectivity index (χ1v) is 8.32. The molecule has 3 heterocycles. The Hall–Kier alpha value is -2.61. The summed E-state index contributed by atoms with van der Waals surface area (Å²) in [7, 11) is 1.71. The van der Waals surface area contributed by atoms with E-state index in [0.717, 1.165) is 12.8 Å². The highest BCUT2D eigenvalue weighted by atomic mass is 35.5. The van der Waals surface area contributed by atoms with Crippen LogP contribution in [0.5, 0.6) is 5.75 Å². The SMILES string of the molecule is CCCCn1c(=O)[nH]c(=O)c2c1nc(COc1cccnc1Cl)n2C. The molecule has 3 rings (SSSR count). The molecule has 3 aromatic rings. The Bertz CT molecular complexity index is 1020. The van der Waals surface area contributed by atoms with Crippen molar-refractivity contribution < 1.29 is 4.74 Å². The minimum absolute atomic E-state index is 0.0952. The number of fused-ring (bicyclic) bond motifs is 1. The summed E-state index contributed by atoms with van der Waals surface area (Å²) in [4.78, 5) is 35.0. The number of halogens is 1. The minimum atomic E-state index is -0.464. The number of nitrogens with one attached hydrogen (secondary N) is 1. The van der Waals surface area contributed by atoms with Crippen LogP contribution < -0.4 is 16.0 Å². The van der Waals surface area contributed by atoms with E-state index in [1.807, 2.05) is 6.92 Å². The Morgan fingerprint density at radius 3 is 2.88 bits per heavy atom. The molecule has 0 aliphatic rings. The fourth-order valence-corrected chi connectivity index (χ4v) is 2.74. The molecule has 0 saturated heterocycles. The first kappa shape index (κ1) is 17.2. The molecule has 3 aromatic heterocycles. The van der Waals surface area contributed by atoms with Gasteiger partial charge in [-0.05, 0) is 18.6 Å². The van der Waals surface area contributed by atoms with Gasteiger partial charge in [-0.2, -0.15) is 0 Å². The highest BCUT2D eigenvalue weighted by Crippen LogP contribution is 2.21. The summed E-state index contributed by atoms with van der Waals surface area (Å²) in [5, 5.41) is 0.249. The number of hydrogen-bond acceptors (Lipinski definition) is 5. The van der Waals surface area contributed by atoms with Gasteiger partial charge in [-0.1, -0.05) is 24.9 Å². The number of H-pyrrole nitrogens is 1. The predicted molar refractivity (Wildman–Crippen MR) is 94.1 cm³/mol. The average Bonchev–Trinajstić information content (AvgIpc) is 2.91. The van der Waals surface area contributed by atoms with Gasteiger partial charge in [0.1, 0.15) is 12.4 Å². The van der Waals surface area contributed by atoms with Gasteiger partial charge in [-0.25, -0.2) is 14.8 Å². The van der Waals surface area contributed by atoms with Crippen LogP contribution in [-0.4, -0.2) is 24.1 Å². The number of aromatic nitrogens is 5. The van der Waals surface area contributed by atoms with Gasteiger partial charge in [0.15, 0.2) is 22.1 Å². The molecule has 0 fully saturated rings. The topological polar surface area (TPSA) is 94.8 Å². The summed E-state index contributed by atoms with van der Waals surface area (Å²) in [6.07, 6.45) is 3.31. The molecule has 0 radical (unpaired) electrons. The Kier molecular flexibility index (Phi) is 4.89. The fraction of sp³-hybridized carbons (Fsp3) is 0.375. The van der Waals surface area contributed by atoms with Crippen LogP contribution in [0.2, 0.25) is 5.15 Å². The van der Waals surface area contributed by atoms with Gasteiger partial charge < -0.3 is 9.30 Å². The number of nitrogens with zero attached hydrogens (tertiary/aromatic N) is 4. The summed E-state index contributed by atoms with van der Waals surface area (Å²) in [5.41, 5.74) is -0.215. The largest absolute Gasteiger partial charge is 0.482 e. The van der Waals surface area contributed by atoms with Crippen molar-refractivity contribution in [2.24, 2.45) is 7.05 Å². The van der Waals surface area contributed by atoms with Gasteiger partial charge in [0, 0.05) is 19.8 Å². The number of unbranched alkanes of at least 4 members (excludes halogenated alkanes) is 1. The maximum atomic E-state index is 12.2. The average molecular weight is 364 g/mol. The number of hydrogen-bond donors (Lipinski definition) is 1. The van der Waals surface area contributed by atoms with Gasteiger partial charge in [0.25, 0.3) is 5.56 Å². The van der Waals surface area contributed by atoms with Crippen molar-refractivity contribution in [1.29, 1.82) is 0 Å². The molecule has 132 valence electrons. The van der Waals surface area contributed by atoms with Crippen molar-refractivity contribution in [2.45, 2.75) is 32.9 Å². The number of imidazole rings is 1. The molecule has 0 atom stereocenters. The fourth-order valence-electron chi connectivity index (χ4n) is 2.57. The van der Waals surface area contributed by atoms with E-state index in [1.165, 1.54) is 4.57 Å². The number of aromatic amines is 1. The zero-order valence-electron chi connectivity index (χ0n) is 14.0. The van der Waals surface area contributed by atoms with Crippen molar-refractivity contribution in [3.05, 3.63) is 50.1 Å². The van der Waals surface area contributed by atoms with E-state index in [1.54, 1.807) is 29.9 Å². The maximum absolute atomic E-state index is 12.2. The molecule has 0 bridgehead atoms. The van der Waals surface area contributed by atoms with E-state index in [2.05, 4.69) is 15.0 Å². The van der Waals surface area contributed by atoms with Crippen LogP contribution in [0.1, 0.15) is 25.6 Å². The normalized spacial score (nSPS) is 11.2. The lowest BCUT2D eigenvalue weighted by Gasteiger charge is -2.06. The molecule has 0 saturated carbocycles. The molecular weight excluding hydrogens is 346 g/mol. The lowest BCUT2D eigenvalue weighted by molar-refractivity contribution is 0.291. The van der Waals surface area contributed by atoms with E-state index >= 15 is 0 Å². The van der Waals surface area contributed by atoms with E-state index in [0.29, 0.717) is 29.3 Å².